The fourth-order valence-corrected chi connectivity index (χ4v) is 2.77. The van der Waals surface area contributed by atoms with Crippen LogP contribution in [0, 0.1) is 0 Å². The number of carbonyl (C=O) groups is 1. The van der Waals surface area contributed by atoms with E-state index in [1.165, 1.54) is 5.56 Å². The van der Waals surface area contributed by atoms with Gasteiger partial charge >= 0.3 is 0 Å². The van der Waals surface area contributed by atoms with Gasteiger partial charge in [0.05, 0.1) is 5.56 Å². The highest BCUT2D eigenvalue weighted by molar-refractivity contribution is 5.98. The minimum atomic E-state index is -0.396. The van der Waals surface area contributed by atoms with Gasteiger partial charge in [-0.05, 0) is 35.7 Å². The molecule has 4 nitrogen and oxygen atoms in total. The zero-order valence-corrected chi connectivity index (χ0v) is 11.2. The maximum absolute atomic E-state index is 11.5. The first-order valence-corrected chi connectivity index (χ1v) is 6.67. The second-order valence-corrected chi connectivity index (χ2v) is 5.04. The average molecular weight is 267 g/mol. The number of nitrogens with zero attached hydrogens (tertiary/aromatic N) is 1. The minimum Gasteiger partial charge on any atom is -0.398 e. The van der Waals surface area contributed by atoms with Gasteiger partial charge in [-0.15, -0.1) is 0 Å². The summed E-state index contributed by atoms with van der Waals surface area (Å²) in [5, 5.41) is 0. The van der Waals surface area contributed by atoms with Crippen molar-refractivity contribution in [2.24, 2.45) is 5.73 Å². The third kappa shape index (κ3) is 2.09. The van der Waals surface area contributed by atoms with Crippen molar-refractivity contribution in [3.8, 4) is 0 Å². The lowest BCUT2D eigenvalue weighted by atomic mass is 9.97. The molecule has 1 aliphatic rings. The van der Waals surface area contributed by atoms with E-state index >= 15 is 0 Å². The third-order valence-corrected chi connectivity index (χ3v) is 3.82. The number of benzene rings is 2. The molecule has 4 N–H and O–H groups in total. The van der Waals surface area contributed by atoms with Gasteiger partial charge in [0.2, 0.25) is 0 Å². The molecule has 2 aromatic carbocycles. The smallest absolute Gasteiger partial charge is 0.250 e. The predicted molar refractivity (Wildman–Crippen MR) is 80.6 cm³/mol. The standard InChI is InChI=1S/C16H17N3O/c17-14-6-3-4-11-8-9-19(10-13(11)14)15-7-2-1-5-12(15)16(18)20/h1-7H,8-10,17H2,(H2,18,20). The number of nitrogens with two attached hydrogens (primary N) is 2. The predicted octanol–water partition coefficient (Wildman–Crippen LogP) is 1.93. The van der Waals surface area contributed by atoms with Gasteiger partial charge in [-0.2, -0.15) is 0 Å². The molecule has 0 atom stereocenters. The maximum atomic E-state index is 11.5. The molecule has 0 saturated carbocycles. The summed E-state index contributed by atoms with van der Waals surface area (Å²) in [7, 11) is 0. The Morgan fingerprint density at radius 3 is 2.70 bits per heavy atom. The Bertz CT molecular complexity index is 667. The zero-order chi connectivity index (χ0) is 14.1. The van der Waals surface area contributed by atoms with Crippen molar-refractivity contribution in [3.63, 3.8) is 0 Å². The molecule has 2 aromatic rings. The van der Waals surface area contributed by atoms with Gasteiger partial charge in [-0.1, -0.05) is 24.3 Å². The molecular formula is C16H17N3O. The van der Waals surface area contributed by atoms with Crippen molar-refractivity contribution in [2.45, 2.75) is 13.0 Å². The van der Waals surface area contributed by atoms with Gasteiger partial charge in [0.1, 0.15) is 0 Å². The molecule has 0 saturated heterocycles. The monoisotopic (exact) mass is 267 g/mol. The number of hydrogen-bond acceptors (Lipinski definition) is 3. The Hall–Kier alpha value is -2.49. The van der Waals surface area contributed by atoms with Crippen molar-refractivity contribution in [1.82, 2.24) is 0 Å². The molecule has 4 heteroatoms. The van der Waals surface area contributed by atoms with Crippen LogP contribution in [0.3, 0.4) is 0 Å². The molecule has 0 fully saturated rings. The normalized spacial score (nSPS) is 13.9. The summed E-state index contributed by atoms with van der Waals surface area (Å²) in [6.45, 7) is 1.58. The molecule has 1 amide bonds. The van der Waals surface area contributed by atoms with E-state index < -0.39 is 5.91 Å². The van der Waals surface area contributed by atoms with Crippen LogP contribution in [0.5, 0.6) is 0 Å². The van der Waals surface area contributed by atoms with Gasteiger partial charge < -0.3 is 16.4 Å². The van der Waals surface area contributed by atoms with Crippen molar-refractivity contribution in [2.75, 3.05) is 17.2 Å². The summed E-state index contributed by atoms with van der Waals surface area (Å²) < 4.78 is 0. The summed E-state index contributed by atoms with van der Waals surface area (Å²) in [6.07, 6.45) is 0.924. The van der Waals surface area contributed by atoms with E-state index in [1.54, 1.807) is 6.07 Å². The molecule has 0 bridgehead atoms. The number of hydrogen-bond donors (Lipinski definition) is 2. The Balaban J connectivity index is 1.99. The van der Waals surface area contributed by atoms with Crippen molar-refractivity contribution in [3.05, 3.63) is 59.2 Å². The Kier molecular flexibility index (Phi) is 3.06. The van der Waals surface area contributed by atoms with Gasteiger partial charge in [0.25, 0.3) is 5.91 Å². The summed E-state index contributed by atoms with van der Waals surface area (Å²) >= 11 is 0. The fraction of sp³-hybridized carbons (Fsp3) is 0.188. The van der Waals surface area contributed by atoms with Crippen LogP contribution < -0.4 is 16.4 Å². The molecule has 0 aromatic heterocycles. The van der Waals surface area contributed by atoms with Crippen molar-refractivity contribution < 1.29 is 4.79 Å². The van der Waals surface area contributed by atoms with Gasteiger partial charge in [0.15, 0.2) is 0 Å². The SMILES string of the molecule is NC(=O)c1ccccc1N1CCc2cccc(N)c2C1. The van der Waals surface area contributed by atoms with Crippen LogP contribution >= 0.6 is 0 Å². The lowest BCUT2D eigenvalue weighted by Gasteiger charge is -2.32. The van der Waals surface area contributed by atoms with Crippen LogP contribution in [0.15, 0.2) is 42.5 Å². The summed E-state index contributed by atoms with van der Waals surface area (Å²) in [5.41, 5.74) is 16.2. The van der Waals surface area contributed by atoms with Crippen LogP contribution in [0.1, 0.15) is 21.5 Å². The Morgan fingerprint density at radius 2 is 1.90 bits per heavy atom. The molecule has 20 heavy (non-hydrogen) atoms. The van der Waals surface area contributed by atoms with E-state index in [0.717, 1.165) is 29.9 Å². The quantitative estimate of drug-likeness (QED) is 0.817. The first-order chi connectivity index (χ1) is 9.66. The van der Waals surface area contributed by atoms with Crippen molar-refractivity contribution >= 4 is 17.3 Å². The topological polar surface area (TPSA) is 72.4 Å². The first-order valence-electron chi connectivity index (χ1n) is 6.67. The first kappa shape index (κ1) is 12.5. The van der Waals surface area contributed by atoms with Crippen molar-refractivity contribution in [1.29, 1.82) is 0 Å². The van der Waals surface area contributed by atoms with E-state index in [9.17, 15) is 4.79 Å². The number of amides is 1. The molecule has 0 radical (unpaired) electrons. The van der Waals surface area contributed by atoms with Crippen LogP contribution in [-0.4, -0.2) is 12.5 Å². The molecular weight excluding hydrogens is 250 g/mol. The van der Waals surface area contributed by atoms with Crippen LogP contribution in [-0.2, 0) is 13.0 Å². The van der Waals surface area contributed by atoms with Gasteiger partial charge in [0, 0.05) is 24.5 Å². The Labute approximate surface area is 118 Å². The highest BCUT2D eigenvalue weighted by atomic mass is 16.1. The molecule has 102 valence electrons. The largest absolute Gasteiger partial charge is 0.398 e. The van der Waals surface area contributed by atoms with Gasteiger partial charge in [-0.3, -0.25) is 4.79 Å². The highest BCUT2D eigenvalue weighted by Gasteiger charge is 2.21. The number of rotatable bonds is 2. The minimum absolute atomic E-state index is 0.396. The van der Waals surface area contributed by atoms with E-state index in [-0.39, 0.29) is 0 Å². The summed E-state index contributed by atoms with van der Waals surface area (Å²) in [5.74, 6) is -0.396. The number of primary amides is 1. The number of anilines is 2. The third-order valence-electron chi connectivity index (χ3n) is 3.82. The molecule has 0 unspecified atom stereocenters. The number of fused-ring (bicyclic) bond motifs is 1. The lowest BCUT2D eigenvalue weighted by molar-refractivity contribution is 0.100. The van der Waals surface area contributed by atoms with E-state index in [2.05, 4.69) is 11.0 Å². The van der Waals surface area contributed by atoms with Crippen LogP contribution in [0.25, 0.3) is 0 Å². The lowest BCUT2D eigenvalue weighted by Crippen LogP contribution is -2.32. The fourth-order valence-electron chi connectivity index (χ4n) is 2.77. The molecule has 1 aliphatic heterocycles. The van der Waals surface area contributed by atoms with Gasteiger partial charge in [-0.25, -0.2) is 0 Å². The Morgan fingerprint density at radius 1 is 1.10 bits per heavy atom. The number of carbonyl (C=O) groups excluding carboxylic acids is 1. The van der Waals surface area contributed by atoms with Crippen LogP contribution in [0.4, 0.5) is 11.4 Å². The number of nitrogen functional groups attached to an aromatic ring is 1. The van der Waals surface area contributed by atoms with Crippen LogP contribution in [0.2, 0.25) is 0 Å². The molecule has 3 rings (SSSR count). The second kappa shape index (κ2) is 4.89. The summed E-state index contributed by atoms with van der Waals surface area (Å²) in [4.78, 5) is 13.7. The zero-order valence-electron chi connectivity index (χ0n) is 11.2. The van der Waals surface area contributed by atoms with E-state index in [4.69, 9.17) is 11.5 Å². The van der Waals surface area contributed by atoms with E-state index in [0.29, 0.717) is 12.1 Å². The average Bonchev–Trinajstić information content (AvgIpc) is 2.47. The number of para-hydroxylation sites is 1. The van der Waals surface area contributed by atoms with E-state index in [1.807, 2.05) is 30.3 Å². The molecule has 1 heterocycles. The second-order valence-electron chi connectivity index (χ2n) is 5.04. The highest BCUT2D eigenvalue weighted by Crippen LogP contribution is 2.29. The molecule has 0 aliphatic carbocycles. The maximum Gasteiger partial charge on any atom is 0.250 e. The molecule has 0 spiro atoms. The summed E-state index contributed by atoms with van der Waals surface area (Å²) in [6, 6.07) is 13.5.